The highest BCUT2D eigenvalue weighted by molar-refractivity contribution is 5.16. The van der Waals surface area contributed by atoms with Gasteiger partial charge in [0.05, 0.1) is 12.3 Å². The fraction of sp³-hybridized carbons (Fsp3) is 0.400. The number of aryl methyl sites for hydroxylation is 1. The van der Waals surface area contributed by atoms with Gasteiger partial charge in [0, 0.05) is 5.69 Å². The van der Waals surface area contributed by atoms with Crippen molar-refractivity contribution in [2.75, 3.05) is 0 Å². The van der Waals surface area contributed by atoms with E-state index in [-0.39, 0.29) is 0 Å². The van der Waals surface area contributed by atoms with Crippen LogP contribution in [0, 0.1) is 6.92 Å². The van der Waals surface area contributed by atoms with Crippen LogP contribution in [0.5, 0.6) is 0 Å². The summed E-state index contributed by atoms with van der Waals surface area (Å²) in [5.41, 5.74) is 3.46. The molecule has 0 aliphatic rings. The van der Waals surface area contributed by atoms with E-state index in [1.165, 1.54) is 5.56 Å². The van der Waals surface area contributed by atoms with E-state index in [2.05, 4.69) is 42.9 Å². The highest BCUT2D eigenvalue weighted by Gasteiger charge is 2.09. The molecule has 0 amide bonds. The number of rotatable bonds is 5. The molecule has 0 radical (unpaired) electrons. The first-order valence-corrected chi connectivity index (χ1v) is 6.34. The van der Waals surface area contributed by atoms with E-state index < -0.39 is 0 Å². The van der Waals surface area contributed by atoms with E-state index >= 15 is 0 Å². The normalized spacial score (nSPS) is 11.1. The van der Waals surface area contributed by atoms with Gasteiger partial charge in [-0.3, -0.25) is 0 Å². The van der Waals surface area contributed by atoms with Crippen molar-refractivity contribution in [3.05, 3.63) is 53.1 Å². The second-order valence-corrected chi connectivity index (χ2v) is 4.83. The van der Waals surface area contributed by atoms with Crippen LogP contribution in [0.4, 0.5) is 0 Å². The maximum Gasteiger partial charge on any atom is 0.132 e. The molecule has 0 aliphatic carbocycles. The van der Waals surface area contributed by atoms with Gasteiger partial charge in [0.1, 0.15) is 12.4 Å². The van der Waals surface area contributed by atoms with Crippen molar-refractivity contribution < 1.29 is 4.74 Å². The molecule has 3 heteroatoms. The van der Waals surface area contributed by atoms with Gasteiger partial charge in [-0.15, -0.1) is 0 Å². The highest BCUT2D eigenvalue weighted by Crippen LogP contribution is 2.16. The Balaban J connectivity index is 1.89. The van der Waals surface area contributed by atoms with Gasteiger partial charge in [-0.25, -0.2) is 4.98 Å². The molecule has 18 heavy (non-hydrogen) atoms. The Labute approximate surface area is 108 Å². The zero-order chi connectivity index (χ0) is 13.0. The number of ether oxygens (including phenoxy) is 1. The summed E-state index contributed by atoms with van der Waals surface area (Å²) in [6, 6.07) is 10.2. The third kappa shape index (κ3) is 3.20. The second-order valence-electron chi connectivity index (χ2n) is 4.83. The fourth-order valence-electron chi connectivity index (χ4n) is 2.01. The monoisotopic (exact) mass is 244 g/mol. The first kappa shape index (κ1) is 12.8. The van der Waals surface area contributed by atoms with Gasteiger partial charge < -0.3 is 9.72 Å². The van der Waals surface area contributed by atoms with Gasteiger partial charge in [-0.05, 0) is 18.4 Å². The molecule has 0 fully saturated rings. The summed E-state index contributed by atoms with van der Waals surface area (Å²) in [4.78, 5) is 7.84. The molecule has 0 spiro atoms. The molecule has 2 aromatic rings. The summed E-state index contributed by atoms with van der Waals surface area (Å²) in [6.45, 7) is 7.51. The fourth-order valence-corrected chi connectivity index (χ4v) is 2.01. The molecule has 1 N–H and O–H groups in total. The largest absolute Gasteiger partial charge is 0.369 e. The van der Waals surface area contributed by atoms with Crippen LogP contribution in [-0.4, -0.2) is 9.97 Å². The van der Waals surface area contributed by atoms with Crippen molar-refractivity contribution in [3.63, 3.8) is 0 Å². The Morgan fingerprint density at radius 2 is 1.89 bits per heavy atom. The van der Waals surface area contributed by atoms with Crippen LogP contribution in [-0.2, 0) is 18.0 Å². The van der Waals surface area contributed by atoms with E-state index in [1.54, 1.807) is 0 Å². The Hall–Kier alpha value is -1.61. The van der Waals surface area contributed by atoms with Crippen molar-refractivity contribution in [1.82, 2.24) is 9.97 Å². The zero-order valence-corrected chi connectivity index (χ0v) is 11.2. The molecule has 3 nitrogen and oxygen atoms in total. The average molecular weight is 244 g/mol. The van der Waals surface area contributed by atoms with Gasteiger partial charge in [-0.2, -0.15) is 0 Å². The third-order valence-electron chi connectivity index (χ3n) is 2.87. The zero-order valence-electron chi connectivity index (χ0n) is 11.2. The predicted octanol–water partition coefficient (Wildman–Crippen LogP) is 3.56. The first-order chi connectivity index (χ1) is 8.66. The van der Waals surface area contributed by atoms with Crippen molar-refractivity contribution in [2.24, 2.45) is 0 Å². The Morgan fingerprint density at radius 1 is 1.17 bits per heavy atom. The maximum absolute atomic E-state index is 5.66. The summed E-state index contributed by atoms with van der Waals surface area (Å²) < 4.78 is 5.66. The molecule has 0 atom stereocenters. The smallest absolute Gasteiger partial charge is 0.132 e. The van der Waals surface area contributed by atoms with Crippen LogP contribution in [0.25, 0.3) is 0 Å². The van der Waals surface area contributed by atoms with Crippen LogP contribution in [0.2, 0.25) is 0 Å². The molecule has 0 saturated carbocycles. The molecule has 1 aromatic heterocycles. The van der Waals surface area contributed by atoms with Crippen LogP contribution < -0.4 is 0 Å². The second kappa shape index (κ2) is 5.83. The molecule has 1 heterocycles. The third-order valence-corrected chi connectivity index (χ3v) is 2.87. The van der Waals surface area contributed by atoms with E-state index in [0.29, 0.717) is 19.1 Å². The molecular formula is C15H20N2O. The van der Waals surface area contributed by atoms with Gasteiger partial charge in [0.25, 0.3) is 0 Å². The number of H-pyrrole nitrogens is 1. The minimum absolute atomic E-state index is 0.448. The average Bonchev–Trinajstić information content (AvgIpc) is 2.72. The lowest BCUT2D eigenvalue weighted by molar-refractivity contribution is 0.102. The number of hydrogen-bond donors (Lipinski definition) is 1. The molecule has 0 aliphatic heterocycles. The van der Waals surface area contributed by atoms with Gasteiger partial charge in [0.2, 0.25) is 0 Å². The van der Waals surface area contributed by atoms with Crippen LogP contribution >= 0.6 is 0 Å². The summed E-state index contributed by atoms with van der Waals surface area (Å²) in [7, 11) is 0. The number of nitrogens with zero attached hydrogens (tertiary/aromatic N) is 1. The minimum Gasteiger partial charge on any atom is -0.369 e. The van der Waals surface area contributed by atoms with E-state index in [0.717, 1.165) is 17.2 Å². The number of aromatic nitrogens is 2. The lowest BCUT2D eigenvalue weighted by atomic mass is 10.1. The van der Waals surface area contributed by atoms with E-state index in [4.69, 9.17) is 4.74 Å². The van der Waals surface area contributed by atoms with Crippen LogP contribution in [0.3, 0.4) is 0 Å². The lowest BCUT2D eigenvalue weighted by Gasteiger charge is -2.02. The summed E-state index contributed by atoms with van der Waals surface area (Å²) in [5, 5.41) is 0. The first-order valence-electron chi connectivity index (χ1n) is 6.34. The quantitative estimate of drug-likeness (QED) is 0.873. The molecule has 2 rings (SSSR count). The topological polar surface area (TPSA) is 37.9 Å². The number of hydrogen-bond acceptors (Lipinski definition) is 2. The molecule has 0 saturated heterocycles. The minimum atomic E-state index is 0.448. The predicted molar refractivity (Wildman–Crippen MR) is 72.3 cm³/mol. The molecular weight excluding hydrogens is 224 g/mol. The van der Waals surface area contributed by atoms with E-state index in [9.17, 15) is 0 Å². The van der Waals surface area contributed by atoms with Crippen LogP contribution in [0.15, 0.2) is 30.3 Å². The van der Waals surface area contributed by atoms with Crippen molar-refractivity contribution >= 4 is 0 Å². The molecule has 1 aromatic carbocycles. The lowest BCUT2D eigenvalue weighted by Crippen LogP contribution is -1.96. The Bertz CT molecular complexity index is 488. The van der Waals surface area contributed by atoms with Gasteiger partial charge in [0.15, 0.2) is 0 Å². The highest BCUT2D eigenvalue weighted by atomic mass is 16.5. The Kier molecular flexibility index (Phi) is 4.15. The van der Waals surface area contributed by atoms with Crippen molar-refractivity contribution in [2.45, 2.75) is 39.9 Å². The standard InChI is InChI=1S/C15H20N2O/c1-11(2)15-12(3)16-14(17-15)10-18-9-13-7-5-4-6-8-13/h4-8,11H,9-10H2,1-3H3,(H,16,17). The number of nitrogens with one attached hydrogen (secondary N) is 1. The molecule has 96 valence electrons. The van der Waals surface area contributed by atoms with Crippen LogP contribution in [0.1, 0.15) is 42.5 Å². The maximum atomic E-state index is 5.66. The molecule has 0 unspecified atom stereocenters. The van der Waals surface area contributed by atoms with Crippen molar-refractivity contribution in [3.8, 4) is 0 Å². The Morgan fingerprint density at radius 3 is 2.50 bits per heavy atom. The van der Waals surface area contributed by atoms with E-state index in [1.807, 2.05) is 18.2 Å². The SMILES string of the molecule is Cc1[nH]c(COCc2ccccc2)nc1C(C)C. The number of benzene rings is 1. The summed E-state index contributed by atoms with van der Waals surface area (Å²) in [5.74, 6) is 1.36. The summed E-state index contributed by atoms with van der Waals surface area (Å²) >= 11 is 0. The molecule has 0 bridgehead atoms. The number of imidazole rings is 1. The van der Waals surface area contributed by atoms with Gasteiger partial charge in [-0.1, -0.05) is 44.2 Å². The number of aromatic amines is 1. The summed E-state index contributed by atoms with van der Waals surface area (Å²) in [6.07, 6.45) is 0. The van der Waals surface area contributed by atoms with Gasteiger partial charge >= 0.3 is 0 Å². The van der Waals surface area contributed by atoms with Crippen molar-refractivity contribution in [1.29, 1.82) is 0 Å².